The maximum Gasteiger partial charge on any atom is 0.0270 e. The van der Waals surface area contributed by atoms with Gasteiger partial charge in [0.2, 0.25) is 0 Å². The lowest BCUT2D eigenvalue weighted by molar-refractivity contribution is 0.547. The van der Waals surface area contributed by atoms with Crippen molar-refractivity contribution in [3.63, 3.8) is 0 Å². The van der Waals surface area contributed by atoms with Crippen LogP contribution in [0.3, 0.4) is 0 Å². The quantitative estimate of drug-likeness (QED) is 0.342. The summed E-state index contributed by atoms with van der Waals surface area (Å²) in [4.78, 5) is 2.02. The van der Waals surface area contributed by atoms with Gasteiger partial charge in [0.25, 0.3) is 0 Å². The van der Waals surface area contributed by atoms with Gasteiger partial charge < -0.3 is 10.2 Å². The summed E-state index contributed by atoms with van der Waals surface area (Å²) in [5, 5.41) is 3.49. The Balaban J connectivity index is 5.35. The van der Waals surface area contributed by atoms with E-state index in [-0.39, 0.29) is 0 Å². The number of hydrogen-bond acceptors (Lipinski definition) is 3. The summed E-state index contributed by atoms with van der Waals surface area (Å²) >= 11 is 4.57. The standard InChI is InChI=1S/C21H36N2S/c1-9-13-16(5)20(11-3)21(15-24)18(7)22-17(6)14-19(10-2)23(8)12-4/h10,12,22,24H,4,6,9,11,13-15H2,1-3,5,7-8H3/b19-10-,20-16+,21-18+. The molecule has 1 N–H and O–H groups in total. The van der Waals surface area contributed by atoms with Gasteiger partial charge in [0.15, 0.2) is 0 Å². The first-order valence-electron chi connectivity index (χ1n) is 8.81. The van der Waals surface area contributed by atoms with Crippen LogP contribution in [-0.4, -0.2) is 17.7 Å². The van der Waals surface area contributed by atoms with Gasteiger partial charge in [-0.25, -0.2) is 0 Å². The molecule has 0 rings (SSSR count). The Bertz CT molecular complexity index is 524. The Morgan fingerprint density at radius 1 is 1.21 bits per heavy atom. The lowest BCUT2D eigenvalue weighted by atomic mass is 9.95. The van der Waals surface area contributed by atoms with E-state index in [1.54, 1.807) is 0 Å². The summed E-state index contributed by atoms with van der Waals surface area (Å²) in [6, 6.07) is 0. The van der Waals surface area contributed by atoms with E-state index in [4.69, 9.17) is 0 Å². The van der Waals surface area contributed by atoms with E-state index in [9.17, 15) is 0 Å². The van der Waals surface area contributed by atoms with Gasteiger partial charge >= 0.3 is 0 Å². The van der Waals surface area contributed by atoms with Gasteiger partial charge in [-0.3, -0.25) is 0 Å². The van der Waals surface area contributed by atoms with Crippen molar-refractivity contribution in [2.75, 3.05) is 12.8 Å². The van der Waals surface area contributed by atoms with E-state index in [0.717, 1.165) is 36.4 Å². The molecule has 0 unspecified atom stereocenters. The maximum absolute atomic E-state index is 4.57. The van der Waals surface area contributed by atoms with E-state index in [2.05, 4.69) is 64.9 Å². The molecule has 0 aliphatic carbocycles. The fraction of sp³-hybridized carbons (Fsp3) is 0.524. The summed E-state index contributed by atoms with van der Waals surface area (Å²) < 4.78 is 0. The van der Waals surface area contributed by atoms with Crippen LogP contribution in [0.25, 0.3) is 0 Å². The van der Waals surface area contributed by atoms with Crippen molar-refractivity contribution in [1.82, 2.24) is 10.2 Å². The molecule has 0 radical (unpaired) electrons. The minimum absolute atomic E-state index is 0.735. The first kappa shape index (κ1) is 22.6. The molecule has 0 saturated carbocycles. The summed E-state index contributed by atoms with van der Waals surface area (Å²) in [7, 11) is 2.00. The zero-order chi connectivity index (χ0) is 18.7. The van der Waals surface area contributed by atoms with Crippen LogP contribution in [0.2, 0.25) is 0 Å². The van der Waals surface area contributed by atoms with E-state index < -0.39 is 0 Å². The third kappa shape index (κ3) is 7.04. The van der Waals surface area contributed by atoms with Crippen LogP contribution in [0.15, 0.2) is 59.2 Å². The van der Waals surface area contributed by atoms with Gasteiger partial charge in [0, 0.05) is 36.3 Å². The molecule has 0 spiro atoms. The van der Waals surface area contributed by atoms with E-state index in [1.807, 2.05) is 25.1 Å². The van der Waals surface area contributed by atoms with E-state index in [1.165, 1.54) is 28.8 Å². The van der Waals surface area contributed by atoms with Gasteiger partial charge in [-0.2, -0.15) is 12.6 Å². The number of rotatable bonds is 11. The largest absolute Gasteiger partial charge is 0.362 e. The lowest BCUT2D eigenvalue weighted by Crippen LogP contribution is -2.18. The van der Waals surface area contributed by atoms with Crippen LogP contribution in [-0.2, 0) is 0 Å². The molecule has 24 heavy (non-hydrogen) atoms. The van der Waals surface area contributed by atoms with Crippen molar-refractivity contribution in [1.29, 1.82) is 0 Å². The smallest absolute Gasteiger partial charge is 0.0270 e. The van der Waals surface area contributed by atoms with Crippen molar-refractivity contribution in [2.45, 2.75) is 60.3 Å². The van der Waals surface area contributed by atoms with Crippen molar-refractivity contribution >= 4 is 12.6 Å². The average Bonchev–Trinajstić information content (AvgIpc) is 2.56. The number of allylic oxidation sites excluding steroid dienone is 4. The van der Waals surface area contributed by atoms with Gasteiger partial charge in [-0.15, -0.1) is 0 Å². The van der Waals surface area contributed by atoms with E-state index in [0.29, 0.717) is 0 Å². The number of thiol groups is 1. The summed E-state index contributed by atoms with van der Waals surface area (Å²) in [6.07, 6.45) is 8.03. The fourth-order valence-corrected chi connectivity index (χ4v) is 3.32. The molecule has 136 valence electrons. The first-order valence-corrected chi connectivity index (χ1v) is 9.44. The highest BCUT2D eigenvalue weighted by Gasteiger charge is 2.11. The Hall–Kier alpha value is -1.35. The van der Waals surface area contributed by atoms with Crippen LogP contribution in [0.5, 0.6) is 0 Å². The van der Waals surface area contributed by atoms with Crippen molar-refractivity contribution in [3.8, 4) is 0 Å². The van der Waals surface area contributed by atoms with Crippen molar-refractivity contribution in [2.24, 2.45) is 0 Å². The molecular formula is C21H36N2S. The molecule has 0 aromatic rings. The Morgan fingerprint density at radius 2 is 1.83 bits per heavy atom. The third-order valence-corrected chi connectivity index (χ3v) is 4.60. The molecule has 0 heterocycles. The minimum atomic E-state index is 0.735. The first-order chi connectivity index (χ1) is 11.4. The fourth-order valence-electron chi connectivity index (χ4n) is 2.89. The highest BCUT2D eigenvalue weighted by Crippen LogP contribution is 2.25. The minimum Gasteiger partial charge on any atom is -0.362 e. The molecule has 0 saturated heterocycles. The Kier molecular flexibility index (Phi) is 11.4. The molecule has 0 aliphatic heterocycles. The molecule has 0 fully saturated rings. The molecule has 0 aromatic heterocycles. The predicted molar refractivity (Wildman–Crippen MR) is 113 cm³/mol. The molecule has 2 nitrogen and oxygen atoms in total. The van der Waals surface area contributed by atoms with Gasteiger partial charge in [-0.1, -0.05) is 45.1 Å². The summed E-state index contributed by atoms with van der Waals surface area (Å²) in [6.45, 7) is 18.9. The molecular weight excluding hydrogens is 312 g/mol. The normalized spacial score (nSPS) is 13.9. The van der Waals surface area contributed by atoms with Crippen LogP contribution in [0, 0.1) is 0 Å². The monoisotopic (exact) mass is 348 g/mol. The molecule has 0 aromatic carbocycles. The summed E-state index contributed by atoms with van der Waals surface area (Å²) in [5.41, 5.74) is 7.51. The Morgan fingerprint density at radius 3 is 2.25 bits per heavy atom. The topological polar surface area (TPSA) is 15.3 Å². The van der Waals surface area contributed by atoms with Gasteiger partial charge in [0.05, 0.1) is 0 Å². The molecule has 0 aliphatic rings. The number of nitrogens with zero attached hydrogens (tertiary/aromatic N) is 1. The zero-order valence-electron chi connectivity index (χ0n) is 16.5. The van der Waals surface area contributed by atoms with Crippen molar-refractivity contribution in [3.05, 3.63) is 59.2 Å². The Labute approximate surface area is 155 Å². The number of nitrogens with one attached hydrogen (secondary N) is 1. The van der Waals surface area contributed by atoms with Crippen molar-refractivity contribution < 1.29 is 0 Å². The number of hydrogen-bond donors (Lipinski definition) is 2. The highest BCUT2D eigenvalue weighted by molar-refractivity contribution is 7.80. The van der Waals surface area contributed by atoms with Crippen LogP contribution >= 0.6 is 12.6 Å². The highest BCUT2D eigenvalue weighted by atomic mass is 32.1. The molecule has 0 amide bonds. The molecule has 0 atom stereocenters. The second-order valence-electron chi connectivity index (χ2n) is 6.10. The molecule has 0 bridgehead atoms. The SMILES string of the molecule is C=CN(C)/C(=C\C)CC(=C)N/C(C)=C(CS)/C(CC)=C(\C)CCC. The van der Waals surface area contributed by atoms with Gasteiger partial charge in [0.1, 0.15) is 0 Å². The zero-order valence-corrected chi connectivity index (χ0v) is 17.4. The second-order valence-corrected chi connectivity index (χ2v) is 6.42. The second kappa shape index (κ2) is 12.1. The molecule has 3 heteroatoms. The van der Waals surface area contributed by atoms with Crippen LogP contribution < -0.4 is 5.32 Å². The predicted octanol–water partition coefficient (Wildman–Crippen LogP) is 6.19. The lowest BCUT2D eigenvalue weighted by Gasteiger charge is -2.22. The van der Waals surface area contributed by atoms with Crippen LogP contribution in [0.1, 0.15) is 60.3 Å². The average molecular weight is 349 g/mol. The van der Waals surface area contributed by atoms with E-state index >= 15 is 0 Å². The maximum atomic E-state index is 4.57. The van der Waals surface area contributed by atoms with Gasteiger partial charge in [-0.05, 0) is 51.0 Å². The third-order valence-electron chi connectivity index (χ3n) is 4.29. The van der Waals surface area contributed by atoms with Crippen LogP contribution in [0.4, 0.5) is 0 Å². The summed E-state index contributed by atoms with van der Waals surface area (Å²) in [5.74, 6) is 0.735.